The van der Waals surface area contributed by atoms with Crippen molar-refractivity contribution < 1.29 is 9.53 Å². The summed E-state index contributed by atoms with van der Waals surface area (Å²) in [6, 6.07) is 0. The zero-order valence-corrected chi connectivity index (χ0v) is 9.98. The molecular weight excluding hydrogens is 218 g/mol. The van der Waals surface area contributed by atoms with Crippen LogP contribution < -0.4 is 0 Å². The second-order valence-electron chi connectivity index (χ2n) is 4.11. The molecule has 1 unspecified atom stereocenters. The Labute approximate surface area is 100 Å². The van der Waals surface area contributed by atoms with Crippen molar-refractivity contribution in [2.24, 2.45) is 10.9 Å². The van der Waals surface area contributed by atoms with Gasteiger partial charge < -0.3 is 4.74 Å². The Bertz CT molecular complexity index is 398. The van der Waals surface area contributed by atoms with Crippen LogP contribution in [-0.4, -0.2) is 28.5 Å². The highest BCUT2D eigenvalue weighted by atomic mass is 16.5. The molecule has 1 aromatic heterocycles. The predicted molar refractivity (Wildman–Crippen MR) is 64.3 cm³/mol. The molecule has 0 saturated heterocycles. The second-order valence-corrected chi connectivity index (χ2v) is 4.11. The van der Waals surface area contributed by atoms with Crippen LogP contribution in [0.1, 0.15) is 32.6 Å². The molecule has 0 bridgehead atoms. The minimum absolute atomic E-state index is 0.144. The molecule has 2 rings (SSSR count). The summed E-state index contributed by atoms with van der Waals surface area (Å²) in [4.78, 5) is 16.3. The second kappa shape index (κ2) is 5.61. The summed E-state index contributed by atoms with van der Waals surface area (Å²) in [5, 5.41) is 6.56. The molecule has 0 radical (unpaired) electrons. The molecule has 1 saturated carbocycles. The summed E-state index contributed by atoms with van der Waals surface area (Å²) in [6.45, 7) is 2.25. The fourth-order valence-electron chi connectivity index (χ4n) is 2.10. The van der Waals surface area contributed by atoms with Gasteiger partial charge in [-0.25, -0.2) is 0 Å². The Kier molecular flexibility index (Phi) is 3.90. The maximum atomic E-state index is 11.8. The number of hydrogen-bond acceptors (Lipinski definition) is 4. The number of aromatic amines is 1. The highest BCUT2D eigenvalue weighted by Crippen LogP contribution is 2.25. The van der Waals surface area contributed by atoms with Crippen molar-refractivity contribution in [2.45, 2.75) is 32.6 Å². The van der Waals surface area contributed by atoms with Crippen LogP contribution >= 0.6 is 0 Å². The highest BCUT2D eigenvalue weighted by molar-refractivity contribution is 6.03. The topological polar surface area (TPSA) is 67.3 Å². The van der Waals surface area contributed by atoms with E-state index in [-0.39, 0.29) is 11.9 Å². The maximum Gasteiger partial charge on any atom is 0.314 e. The van der Waals surface area contributed by atoms with Crippen molar-refractivity contribution in [2.75, 3.05) is 6.61 Å². The van der Waals surface area contributed by atoms with Gasteiger partial charge in [0.05, 0.1) is 18.7 Å². The molecule has 1 aliphatic carbocycles. The zero-order chi connectivity index (χ0) is 12.1. The van der Waals surface area contributed by atoms with Crippen molar-refractivity contribution >= 4 is 17.4 Å². The van der Waals surface area contributed by atoms with Gasteiger partial charge in [0.25, 0.3) is 0 Å². The molecule has 17 heavy (non-hydrogen) atoms. The molecule has 92 valence electrons. The fourth-order valence-corrected chi connectivity index (χ4v) is 2.10. The normalized spacial score (nSPS) is 22.6. The summed E-state index contributed by atoms with van der Waals surface area (Å²) in [5.74, 6) is -0.312. The molecule has 0 aromatic carbocycles. The predicted octanol–water partition coefficient (Wildman–Crippen LogP) is 2.24. The van der Waals surface area contributed by atoms with Crippen molar-refractivity contribution in [1.29, 1.82) is 0 Å². The quantitative estimate of drug-likeness (QED) is 0.817. The molecular formula is C12H17N3O2. The first-order chi connectivity index (χ1) is 8.31. The van der Waals surface area contributed by atoms with E-state index in [1.54, 1.807) is 12.4 Å². The van der Waals surface area contributed by atoms with Crippen LogP contribution in [0.4, 0.5) is 5.69 Å². The van der Waals surface area contributed by atoms with E-state index in [2.05, 4.69) is 15.2 Å². The van der Waals surface area contributed by atoms with Gasteiger partial charge in [-0.05, 0) is 26.2 Å². The van der Waals surface area contributed by atoms with Crippen molar-refractivity contribution in [1.82, 2.24) is 10.2 Å². The average Bonchev–Trinajstić information content (AvgIpc) is 2.83. The third kappa shape index (κ3) is 2.93. The molecule has 5 heteroatoms. The first-order valence-electron chi connectivity index (χ1n) is 6.04. The summed E-state index contributed by atoms with van der Waals surface area (Å²) in [6.07, 6.45) is 7.25. The smallest absolute Gasteiger partial charge is 0.314 e. The van der Waals surface area contributed by atoms with Gasteiger partial charge in [0.2, 0.25) is 0 Å². The van der Waals surface area contributed by atoms with E-state index in [1.165, 1.54) is 0 Å². The Balaban J connectivity index is 2.14. The lowest BCUT2D eigenvalue weighted by Crippen LogP contribution is -2.29. The third-order valence-corrected chi connectivity index (χ3v) is 2.91. The number of carbonyl (C=O) groups excluding carboxylic acids is 1. The molecule has 1 aliphatic rings. The van der Waals surface area contributed by atoms with Gasteiger partial charge in [-0.2, -0.15) is 5.10 Å². The number of esters is 1. The monoisotopic (exact) mass is 235 g/mol. The number of rotatable bonds is 3. The molecule has 1 N–H and O–H groups in total. The molecule has 0 spiro atoms. The minimum Gasteiger partial charge on any atom is -0.465 e. The van der Waals surface area contributed by atoms with E-state index >= 15 is 0 Å². The summed E-state index contributed by atoms with van der Waals surface area (Å²) < 4.78 is 5.09. The van der Waals surface area contributed by atoms with Gasteiger partial charge in [0.15, 0.2) is 0 Å². The number of aromatic nitrogens is 2. The van der Waals surface area contributed by atoms with Crippen LogP contribution in [0.3, 0.4) is 0 Å². The van der Waals surface area contributed by atoms with Gasteiger partial charge in [-0.1, -0.05) is 6.42 Å². The number of H-pyrrole nitrogens is 1. The van der Waals surface area contributed by atoms with E-state index in [9.17, 15) is 4.79 Å². The number of nitrogens with one attached hydrogen (secondary N) is 1. The lowest BCUT2D eigenvalue weighted by Gasteiger charge is -2.22. The van der Waals surface area contributed by atoms with Crippen molar-refractivity contribution in [3.8, 4) is 0 Å². The van der Waals surface area contributed by atoms with Gasteiger partial charge in [0, 0.05) is 11.9 Å². The molecule has 0 amide bonds. The lowest BCUT2D eigenvalue weighted by atomic mass is 9.87. The van der Waals surface area contributed by atoms with Crippen LogP contribution in [0.5, 0.6) is 0 Å². The van der Waals surface area contributed by atoms with Gasteiger partial charge in [-0.3, -0.25) is 14.9 Å². The Morgan fingerprint density at radius 1 is 1.65 bits per heavy atom. The van der Waals surface area contributed by atoms with E-state index in [0.29, 0.717) is 6.61 Å². The lowest BCUT2D eigenvalue weighted by molar-refractivity contribution is -0.145. The van der Waals surface area contributed by atoms with Gasteiger partial charge in [-0.15, -0.1) is 0 Å². The highest BCUT2D eigenvalue weighted by Gasteiger charge is 2.28. The molecule has 1 atom stereocenters. The molecule has 1 aromatic rings. The molecule has 1 fully saturated rings. The van der Waals surface area contributed by atoms with E-state index in [4.69, 9.17) is 4.74 Å². The van der Waals surface area contributed by atoms with E-state index < -0.39 is 0 Å². The van der Waals surface area contributed by atoms with Crippen LogP contribution in [0.2, 0.25) is 0 Å². The molecule has 1 heterocycles. The third-order valence-electron chi connectivity index (χ3n) is 2.91. The van der Waals surface area contributed by atoms with Crippen LogP contribution in [0.15, 0.2) is 17.4 Å². The Morgan fingerprint density at radius 3 is 3.24 bits per heavy atom. The van der Waals surface area contributed by atoms with E-state index in [0.717, 1.165) is 37.1 Å². The number of hydrogen-bond donors (Lipinski definition) is 1. The summed E-state index contributed by atoms with van der Waals surface area (Å²) in [7, 11) is 0. The Hall–Kier alpha value is -1.65. The summed E-state index contributed by atoms with van der Waals surface area (Å²) in [5.41, 5.74) is 1.70. The maximum absolute atomic E-state index is 11.8. The van der Waals surface area contributed by atoms with E-state index in [1.807, 2.05) is 6.92 Å². The fraction of sp³-hybridized carbons (Fsp3) is 0.583. The number of nitrogens with zero attached hydrogens (tertiary/aromatic N) is 2. The average molecular weight is 235 g/mol. The van der Waals surface area contributed by atoms with Crippen LogP contribution in [0.25, 0.3) is 0 Å². The zero-order valence-electron chi connectivity index (χ0n) is 9.98. The first-order valence-corrected chi connectivity index (χ1v) is 6.04. The summed E-state index contributed by atoms with van der Waals surface area (Å²) >= 11 is 0. The molecule has 5 nitrogen and oxygen atoms in total. The van der Waals surface area contributed by atoms with Crippen LogP contribution in [-0.2, 0) is 9.53 Å². The van der Waals surface area contributed by atoms with Crippen molar-refractivity contribution in [3.63, 3.8) is 0 Å². The number of ether oxygens (including phenoxy) is 1. The van der Waals surface area contributed by atoms with Gasteiger partial charge in [0.1, 0.15) is 5.69 Å². The van der Waals surface area contributed by atoms with Gasteiger partial charge >= 0.3 is 5.97 Å². The minimum atomic E-state index is -0.168. The van der Waals surface area contributed by atoms with Crippen molar-refractivity contribution in [3.05, 3.63) is 12.4 Å². The first kappa shape index (κ1) is 11.8. The molecule has 0 aliphatic heterocycles. The van der Waals surface area contributed by atoms with Crippen LogP contribution in [0, 0.1) is 5.92 Å². The number of aliphatic imine (C=N–C) groups is 1. The Morgan fingerprint density at radius 2 is 2.53 bits per heavy atom. The standard InChI is InChI=1S/C12H17N3O2/c1-2-17-12(16)10-5-3-4-6-11(10)15-9-7-13-14-8-9/h7-8,10H,2-6H2,1H3,(H,13,14). The SMILES string of the molecule is CCOC(=O)C1CCCCC1=Nc1cn[nH]c1. The largest absolute Gasteiger partial charge is 0.465 e. The number of carbonyl (C=O) groups is 1.